The molecule has 2 aliphatic heterocycles. The number of piperazine rings is 1. The lowest BCUT2D eigenvalue weighted by Gasteiger charge is -2.34. The van der Waals surface area contributed by atoms with E-state index in [2.05, 4.69) is 56.0 Å². The average Bonchev–Trinajstić information content (AvgIpc) is 3.27. The Morgan fingerprint density at radius 2 is 1.74 bits per heavy atom. The van der Waals surface area contributed by atoms with E-state index in [0.29, 0.717) is 39.2 Å². The third-order valence-electron chi connectivity index (χ3n) is 6.67. The van der Waals surface area contributed by atoms with E-state index in [0.717, 1.165) is 28.0 Å². The van der Waals surface area contributed by atoms with Gasteiger partial charge in [-0.15, -0.1) is 0 Å². The van der Waals surface area contributed by atoms with Crippen LogP contribution in [0.4, 0.5) is 4.79 Å². The Morgan fingerprint density at radius 1 is 1.00 bits per heavy atom. The minimum Gasteiger partial charge on any atom is -0.450 e. The maximum absolute atomic E-state index is 13.5. The molecule has 2 aromatic carbocycles. The van der Waals surface area contributed by atoms with Crippen LogP contribution in [0.3, 0.4) is 0 Å². The first-order valence-corrected chi connectivity index (χ1v) is 12.0. The number of benzene rings is 2. The van der Waals surface area contributed by atoms with E-state index in [9.17, 15) is 9.59 Å². The molecule has 2 amide bonds. The van der Waals surface area contributed by atoms with Crippen LogP contribution in [-0.4, -0.2) is 71.9 Å². The summed E-state index contributed by atoms with van der Waals surface area (Å²) < 4.78 is 5.10. The molecule has 1 saturated heterocycles. The molecule has 0 aliphatic carbocycles. The summed E-state index contributed by atoms with van der Waals surface area (Å²) in [6.07, 6.45) is 0.410. The molecule has 2 aliphatic rings. The van der Waals surface area contributed by atoms with Crippen molar-refractivity contribution in [2.45, 2.75) is 40.2 Å². The average molecular weight is 463 g/mol. The third kappa shape index (κ3) is 5.14. The summed E-state index contributed by atoms with van der Waals surface area (Å²) in [7, 11) is 0. The number of nitrogens with zero attached hydrogens (tertiary/aromatic N) is 4. The monoisotopic (exact) mass is 462 g/mol. The molecule has 1 fully saturated rings. The number of carbonyl (C=O) groups is 2. The highest BCUT2D eigenvalue weighted by atomic mass is 16.6. The zero-order chi connectivity index (χ0) is 24.2. The SMILES string of the molecule is CCOC(=O)N1CCN(CC(=O)N2N=C(c3cc(C)ccc3C)C[C@H]2c2ccccc2C)CC1. The number of aryl methyl sites for hydroxylation is 3. The molecule has 0 saturated carbocycles. The molecule has 180 valence electrons. The van der Waals surface area contributed by atoms with E-state index in [1.165, 1.54) is 5.56 Å². The highest BCUT2D eigenvalue weighted by Gasteiger charge is 2.35. The van der Waals surface area contributed by atoms with Gasteiger partial charge in [0.25, 0.3) is 5.91 Å². The lowest BCUT2D eigenvalue weighted by Crippen LogP contribution is -2.51. The number of carbonyl (C=O) groups excluding carboxylic acids is 2. The smallest absolute Gasteiger partial charge is 0.409 e. The van der Waals surface area contributed by atoms with Gasteiger partial charge < -0.3 is 9.64 Å². The summed E-state index contributed by atoms with van der Waals surface area (Å²) in [4.78, 5) is 29.3. The number of hydrazone groups is 1. The van der Waals surface area contributed by atoms with Gasteiger partial charge in [-0.2, -0.15) is 5.10 Å². The Bertz CT molecular complexity index is 1090. The van der Waals surface area contributed by atoms with Crippen LogP contribution in [0.5, 0.6) is 0 Å². The minimum atomic E-state index is -0.282. The minimum absolute atomic E-state index is 0.0156. The topological polar surface area (TPSA) is 65.5 Å². The van der Waals surface area contributed by atoms with Crippen LogP contribution < -0.4 is 0 Å². The molecule has 2 aromatic rings. The Balaban J connectivity index is 1.53. The van der Waals surface area contributed by atoms with Crippen molar-refractivity contribution in [2.75, 3.05) is 39.3 Å². The number of rotatable bonds is 5. The number of ether oxygens (including phenoxy) is 1. The fourth-order valence-corrected chi connectivity index (χ4v) is 4.72. The Kier molecular flexibility index (Phi) is 7.32. The summed E-state index contributed by atoms with van der Waals surface area (Å²) in [5.41, 5.74) is 6.70. The highest BCUT2D eigenvalue weighted by molar-refractivity contribution is 6.04. The Labute approximate surface area is 202 Å². The van der Waals surface area contributed by atoms with Crippen molar-refractivity contribution in [1.29, 1.82) is 0 Å². The van der Waals surface area contributed by atoms with Crippen molar-refractivity contribution >= 4 is 17.7 Å². The molecule has 2 heterocycles. The van der Waals surface area contributed by atoms with Crippen molar-refractivity contribution in [1.82, 2.24) is 14.8 Å². The van der Waals surface area contributed by atoms with Crippen LogP contribution in [0.2, 0.25) is 0 Å². The van der Waals surface area contributed by atoms with Gasteiger partial charge in [-0.25, -0.2) is 9.80 Å². The molecular formula is C27H34N4O3. The zero-order valence-electron chi connectivity index (χ0n) is 20.6. The first-order valence-electron chi connectivity index (χ1n) is 12.0. The van der Waals surface area contributed by atoms with Gasteiger partial charge in [-0.3, -0.25) is 9.69 Å². The van der Waals surface area contributed by atoms with Crippen molar-refractivity contribution < 1.29 is 14.3 Å². The van der Waals surface area contributed by atoms with Gasteiger partial charge in [0.05, 0.1) is 24.9 Å². The Morgan fingerprint density at radius 3 is 2.44 bits per heavy atom. The van der Waals surface area contributed by atoms with E-state index in [1.807, 2.05) is 12.1 Å². The predicted octanol–water partition coefficient (Wildman–Crippen LogP) is 4.06. The lowest BCUT2D eigenvalue weighted by atomic mass is 9.93. The summed E-state index contributed by atoms with van der Waals surface area (Å²) in [6, 6.07) is 14.5. The predicted molar refractivity (Wildman–Crippen MR) is 133 cm³/mol. The summed E-state index contributed by atoms with van der Waals surface area (Å²) in [5, 5.41) is 6.57. The number of hydrogen-bond donors (Lipinski definition) is 0. The van der Waals surface area contributed by atoms with Crippen molar-refractivity contribution in [2.24, 2.45) is 5.10 Å². The molecule has 34 heavy (non-hydrogen) atoms. The quantitative estimate of drug-likeness (QED) is 0.672. The summed E-state index contributed by atoms with van der Waals surface area (Å²) in [6.45, 7) is 11.1. The Hall–Kier alpha value is -3.19. The second-order valence-corrected chi connectivity index (χ2v) is 9.14. The third-order valence-corrected chi connectivity index (χ3v) is 6.67. The fourth-order valence-electron chi connectivity index (χ4n) is 4.72. The van der Waals surface area contributed by atoms with Gasteiger partial charge in [0, 0.05) is 38.2 Å². The van der Waals surface area contributed by atoms with Gasteiger partial charge in [0.2, 0.25) is 0 Å². The van der Waals surface area contributed by atoms with Crippen LogP contribution in [-0.2, 0) is 9.53 Å². The van der Waals surface area contributed by atoms with Gasteiger partial charge in [0.15, 0.2) is 0 Å². The molecule has 0 unspecified atom stereocenters. The number of hydrogen-bond acceptors (Lipinski definition) is 5. The molecule has 1 atom stereocenters. The van der Waals surface area contributed by atoms with E-state index in [1.54, 1.807) is 16.8 Å². The van der Waals surface area contributed by atoms with E-state index < -0.39 is 0 Å². The van der Waals surface area contributed by atoms with Crippen LogP contribution in [0.25, 0.3) is 0 Å². The van der Waals surface area contributed by atoms with E-state index in [4.69, 9.17) is 9.84 Å². The molecular weight excluding hydrogens is 428 g/mol. The summed E-state index contributed by atoms with van der Waals surface area (Å²) in [5.74, 6) is -0.0156. The molecule has 0 spiro atoms. The van der Waals surface area contributed by atoms with E-state index in [-0.39, 0.29) is 24.6 Å². The zero-order valence-corrected chi connectivity index (χ0v) is 20.6. The van der Waals surface area contributed by atoms with Crippen molar-refractivity contribution in [3.05, 3.63) is 70.3 Å². The summed E-state index contributed by atoms with van der Waals surface area (Å²) >= 11 is 0. The van der Waals surface area contributed by atoms with Gasteiger partial charge in [-0.1, -0.05) is 42.0 Å². The molecule has 0 bridgehead atoms. The van der Waals surface area contributed by atoms with Gasteiger partial charge >= 0.3 is 6.09 Å². The normalized spacial score (nSPS) is 18.7. The second kappa shape index (κ2) is 10.4. The standard InChI is InChI=1S/C27H34N4O3/c1-5-34-27(33)30-14-12-29(13-15-30)18-26(32)31-25(22-9-7-6-8-20(22)3)17-24(28-31)23-16-19(2)10-11-21(23)4/h6-11,16,25H,5,12-15,17-18H2,1-4H3/t25-/m0/s1. The maximum Gasteiger partial charge on any atom is 0.409 e. The molecule has 0 aromatic heterocycles. The van der Waals surface area contributed by atoms with Crippen LogP contribution in [0, 0.1) is 20.8 Å². The first-order chi connectivity index (χ1) is 16.4. The molecule has 0 radical (unpaired) electrons. The number of amides is 2. The second-order valence-electron chi connectivity index (χ2n) is 9.14. The molecule has 4 rings (SSSR count). The van der Waals surface area contributed by atoms with Gasteiger partial charge in [-0.05, 0) is 50.5 Å². The maximum atomic E-state index is 13.5. The van der Waals surface area contributed by atoms with Crippen LogP contribution in [0.15, 0.2) is 47.6 Å². The fraction of sp³-hybridized carbons (Fsp3) is 0.444. The molecule has 0 N–H and O–H groups in total. The largest absolute Gasteiger partial charge is 0.450 e. The van der Waals surface area contributed by atoms with Crippen molar-refractivity contribution in [3.8, 4) is 0 Å². The van der Waals surface area contributed by atoms with E-state index >= 15 is 0 Å². The molecule has 7 nitrogen and oxygen atoms in total. The molecule has 7 heteroatoms. The first kappa shape index (κ1) is 24.0. The highest BCUT2D eigenvalue weighted by Crippen LogP contribution is 2.35. The van der Waals surface area contributed by atoms with Crippen LogP contribution >= 0.6 is 0 Å². The van der Waals surface area contributed by atoms with Crippen LogP contribution in [0.1, 0.15) is 47.2 Å². The van der Waals surface area contributed by atoms with Crippen molar-refractivity contribution in [3.63, 3.8) is 0 Å². The van der Waals surface area contributed by atoms with Gasteiger partial charge in [0.1, 0.15) is 0 Å². The lowest BCUT2D eigenvalue weighted by molar-refractivity contribution is -0.134.